The van der Waals surface area contributed by atoms with Gasteiger partial charge in [-0.15, -0.1) is 0 Å². The molecule has 6 heteroatoms. The Kier molecular flexibility index (Phi) is 4.78. The first-order valence-electron chi connectivity index (χ1n) is 8.73. The van der Waals surface area contributed by atoms with Crippen LogP contribution in [0.2, 0.25) is 0 Å². The molecule has 2 N–H and O–H groups in total. The summed E-state index contributed by atoms with van der Waals surface area (Å²) in [6.07, 6.45) is 1.65. The number of benzene rings is 2. The maximum atomic E-state index is 12.5. The molecular weight excluding hydrogens is 338 g/mol. The van der Waals surface area contributed by atoms with E-state index in [1.54, 1.807) is 12.3 Å². The zero-order chi connectivity index (χ0) is 18.5. The fourth-order valence-corrected chi connectivity index (χ4v) is 2.91. The molecule has 0 bridgehead atoms. The van der Waals surface area contributed by atoms with E-state index in [-0.39, 0.29) is 12.5 Å². The van der Waals surface area contributed by atoms with Crippen molar-refractivity contribution in [3.63, 3.8) is 0 Å². The number of aromatic nitrogens is 3. The second-order valence-electron chi connectivity index (χ2n) is 6.11. The fraction of sp³-hybridized carbons (Fsp3) is 0.0952. The summed E-state index contributed by atoms with van der Waals surface area (Å²) in [7, 11) is 0. The first-order valence-corrected chi connectivity index (χ1v) is 8.73. The molecule has 2 aromatic heterocycles. The monoisotopic (exact) mass is 357 g/mol. The van der Waals surface area contributed by atoms with Crippen LogP contribution in [0.5, 0.6) is 0 Å². The molecule has 0 fully saturated rings. The van der Waals surface area contributed by atoms with Crippen LogP contribution in [0.4, 0.5) is 11.8 Å². The quantitative estimate of drug-likeness (QED) is 0.552. The Bertz CT molecular complexity index is 1040. The average molecular weight is 357 g/mol. The van der Waals surface area contributed by atoms with Gasteiger partial charge in [-0.2, -0.15) is 0 Å². The smallest absolute Gasteiger partial charge is 0.245 e. The Morgan fingerprint density at radius 3 is 2.52 bits per heavy atom. The van der Waals surface area contributed by atoms with Gasteiger partial charge < -0.3 is 15.2 Å². The lowest BCUT2D eigenvalue weighted by atomic mass is 10.2. The van der Waals surface area contributed by atoms with Crippen LogP contribution in [0, 0.1) is 0 Å². The van der Waals surface area contributed by atoms with Crippen molar-refractivity contribution in [1.29, 1.82) is 0 Å². The van der Waals surface area contributed by atoms with E-state index < -0.39 is 0 Å². The van der Waals surface area contributed by atoms with Gasteiger partial charge in [-0.25, -0.2) is 9.97 Å². The van der Waals surface area contributed by atoms with Crippen LogP contribution in [-0.4, -0.2) is 20.4 Å². The van der Waals surface area contributed by atoms with E-state index in [0.717, 1.165) is 16.6 Å². The van der Waals surface area contributed by atoms with Crippen LogP contribution in [0.1, 0.15) is 5.56 Å². The summed E-state index contributed by atoms with van der Waals surface area (Å²) in [5.41, 5.74) is 2.90. The Hall–Kier alpha value is -3.67. The lowest BCUT2D eigenvalue weighted by Crippen LogP contribution is -2.20. The molecule has 27 heavy (non-hydrogen) atoms. The van der Waals surface area contributed by atoms with Crippen molar-refractivity contribution in [3.8, 4) is 0 Å². The van der Waals surface area contributed by atoms with Gasteiger partial charge in [0.2, 0.25) is 11.9 Å². The predicted octanol–water partition coefficient (Wildman–Crippen LogP) is 3.68. The number of hydrogen-bond acceptors (Lipinski definition) is 4. The average Bonchev–Trinajstić information content (AvgIpc) is 3.05. The van der Waals surface area contributed by atoms with Crippen LogP contribution in [0.15, 0.2) is 79.0 Å². The highest BCUT2D eigenvalue weighted by Gasteiger charge is 2.14. The normalized spacial score (nSPS) is 10.7. The van der Waals surface area contributed by atoms with Crippen LogP contribution >= 0.6 is 0 Å². The summed E-state index contributed by atoms with van der Waals surface area (Å²) in [6, 6.07) is 23.3. The summed E-state index contributed by atoms with van der Waals surface area (Å²) in [4.78, 5) is 21.3. The van der Waals surface area contributed by atoms with Gasteiger partial charge in [-0.1, -0.05) is 48.5 Å². The summed E-state index contributed by atoms with van der Waals surface area (Å²) in [6.45, 7) is 0.778. The van der Waals surface area contributed by atoms with Crippen LogP contribution in [0.3, 0.4) is 0 Å². The maximum Gasteiger partial charge on any atom is 0.245 e. The number of carbonyl (C=O) groups is 1. The van der Waals surface area contributed by atoms with Gasteiger partial charge in [0.05, 0.1) is 11.0 Å². The van der Waals surface area contributed by atoms with Crippen molar-refractivity contribution in [3.05, 3.63) is 84.6 Å². The van der Waals surface area contributed by atoms with E-state index in [2.05, 4.69) is 20.6 Å². The van der Waals surface area contributed by atoms with Crippen LogP contribution in [0.25, 0.3) is 11.0 Å². The Morgan fingerprint density at radius 1 is 0.926 bits per heavy atom. The molecule has 0 saturated heterocycles. The number of hydrogen-bond donors (Lipinski definition) is 2. The number of carbonyl (C=O) groups excluding carboxylic acids is 1. The summed E-state index contributed by atoms with van der Waals surface area (Å²) < 4.78 is 1.89. The number of para-hydroxylation sites is 2. The lowest BCUT2D eigenvalue weighted by molar-refractivity contribution is -0.116. The van der Waals surface area contributed by atoms with Gasteiger partial charge >= 0.3 is 0 Å². The topological polar surface area (TPSA) is 71.8 Å². The van der Waals surface area contributed by atoms with E-state index in [1.807, 2.05) is 71.3 Å². The van der Waals surface area contributed by atoms with Gasteiger partial charge in [-0.3, -0.25) is 4.79 Å². The van der Waals surface area contributed by atoms with Crippen molar-refractivity contribution in [2.24, 2.45) is 0 Å². The molecule has 4 rings (SSSR count). The summed E-state index contributed by atoms with van der Waals surface area (Å²) in [5.74, 6) is 1.04. The first kappa shape index (κ1) is 16.8. The lowest BCUT2D eigenvalue weighted by Gasteiger charge is -2.11. The van der Waals surface area contributed by atoms with E-state index in [1.165, 1.54) is 0 Å². The molecule has 0 aliphatic heterocycles. The van der Waals surface area contributed by atoms with E-state index in [0.29, 0.717) is 18.3 Å². The van der Waals surface area contributed by atoms with Gasteiger partial charge in [0.15, 0.2) is 0 Å². The second kappa shape index (κ2) is 7.70. The minimum absolute atomic E-state index is 0.147. The number of nitrogens with one attached hydrogen (secondary N) is 2. The molecule has 0 atom stereocenters. The number of anilines is 2. The second-order valence-corrected chi connectivity index (χ2v) is 6.11. The Balaban J connectivity index is 1.57. The van der Waals surface area contributed by atoms with Crippen molar-refractivity contribution in [1.82, 2.24) is 14.5 Å². The van der Waals surface area contributed by atoms with Gasteiger partial charge in [0.1, 0.15) is 12.4 Å². The largest absolute Gasteiger partial charge is 0.352 e. The van der Waals surface area contributed by atoms with Crippen molar-refractivity contribution < 1.29 is 4.79 Å². The molecule has 2 aromatic carbocycles. The minimum Gasteiger partial charge on any atom is -0.352 e. The highest BCUT2D eigenvalue weighted by atomic mass is 16.2. The molecule has 0 aliphatic rings. The van der Waals surface area contributed by atoms with Crippen molar-refractivity contribution in [2.45, 2.75) is 13.1 Å². The zero-order valence-electron chi connectivity index (χ0n) is 14.7. The molecule has 0 aliphatic carbocycles. The summed E-state index contributed by atoms with van der Waals surface area (Å²) >= 11 is 0. The fourth-order valence-electron chi connectivity index (χ4n) is 2.91. The number of imidazole rings is 1. The Morgan fingerprint density at radius 2 is 1.70 bits per heavy atom. The predicted molar refractivity (Wildman–Crippen MR) is 106 cm³/mol. The Labute approximate surface area is 156 Å². The van der Waals surface area contributed by atoms with Gasteiger partial charge in [-0.05, 0) is 29.8 Å². The minimum atomic E-state index is -0.153. The molecule has 6 nitrogen and oxygen atoms in total. The van der Waals surface area contributed by atoms with E-state index >= 15 is 0 Å². The molecular formula is C21H19N5O. The summed E-state index contributed by atoms with van der Waals surface area (Å²) in [5, 5.41) is 6.16. The first-order chi connectivity index (χ1) is 13.3. The molecule has 0 saturated carbocycles. The van der Waals surface area contributed by atoms with Crippen LogP contribution in [-0.2, 0) is 17.9 Å². The molecule has 4 aromatic rings. The van der Waals surface area contributed by atoms with Crippen LogP contribution < -0.4 is 10.6 Å². The highest BCUT2D eigenvalue weighted by molar-refractivity contribution is 5.91. The number of amides is 1. The molecule has 2 heterocycles. The number of fused-ring (bicyclic) bond motifs is 1. The van der Waals surface area contributed by atoms with Crippen molar-refractivity contribution >= 4 is 28.7 Å². The highest BCUT2D eigenvalue weighted by Crippen LogP contribution is 2.20. The van der Waals surface area contributed by atoms with Gasteiger partial charge in [0.25, 0.3) is 0 Å². The molecule has 134 valence electrons. The third-order valence-electron chi connectivity index (χ3n) is 4.18. The number of nitrogens with zero attached hydrogens (tertiary/aromatic N) is 3. The molecule has 0 radical (unpaired) electrons. The zero-order valence-corrected chi connectivity index (χ0v) is 14.7. The van der Waals surface area contributed by atoms with E-state index in [4.69, 9.17) is 0 Å². The number of rotatable bonds is 6. The van der Waals surface area contributed by atoms with E-state index in [9.17, 15) is 4.79 Å². The standard InChI is InChI=1S/C21H19N5O/c27-20(25-19-12-6-7-13-22-19)15-26-18-11-5-4-10-17(18)24-21(26)23-14-16-8-2-1-3-9-16/h1-13H,14-15H2,(H,23,24)(H,22,25,27). The third-order valence-corrected chi connectivity index (χ3v) is 4.18. The number of pyridine rings is 1. The molecule has 1 amide bonds. The SMILES string of the molecule is O=C(Cn1c(NCc2ccccc2)nc2ccccc21)Nc1ccccn1. The maximum absolute atomic E-state index is 12.5. The van der Waals surface area contributed by atoms with Crippen molar-refractivity contribution in [2.75, 3.05) is 10.6 Å². The van der Waals surface area contributed by atoms with Gasteiger partial charge in [0, 0.05) is 12.7 Å². The molecule has 0 spiro atoms. The molecule has 0 unspecified atom stereocenters. The third kappa shape index (κ3) is 3.95.